The molecule has 0 aliphatic heterocycles. The highest BCUT2D eigenvalue weighted by molar-refractivity contribution is 7.08. The molecule has 38 heavy (non-hydrogen) atoms. The number of nitrogens with one attached hydrogen (secondary N) is 3. The molecule has 0 aliphatic carbocycles. The lowest BCUT2D eigenvalue weighted by Crippen LogP contribution is -2.12. The van der Waals surface area contributed by atoms with Gasteiger partial charge in [0.25, 0.3) is 0 Å². The summed E-state index contributed by atoms with van der Waals surface area (Å²) in [4.78, 5) is 17.1. The summed E-state index contributed by atoms with van der Waals surface area (Å²) in [7, 11) is 0. The number of aromatic amines is 2. The molecule has 0 radical (unpaired) electrons. The molecule has 0 saturated heterocycles. The van der Waals surface area contributed by atoms with E-state index < -0.39 is 0 Å². The second-order valence-electron chi connectivity index (χ2n) is 9.20. The number of pyridine rings is 3. The molecule has 0 amide bonds. The summed E-state index contributed by atoms with van der Waals surface area (Å²) in [5.41, 5.74) is 10.1. The third kappa shape index (κ3) is 4.26. The zero-order valence-electron chi connectivity index (χ0n) is 20.3. The van der Waals surface area contributed by atoms with Crippen LogP contribution in [0, 0.1) is 0 Å². The normalized spacial score (nSPS) is 11.5. The molecule has 0 saturated carbocycles. The number of aromatic nitrogens is 6. The van der Waals surface area contributed by atoms with Gasteiger partial charge in [0, 0.05) is 53.6 Å². The van der Waals surface area contributed by atoms with Gasteiger partial charge in [-0.2, -0.15) is 16.4 Å². The van der Waals surface area contributed by atoms with Gasteiger partial charge in [-0.05, 0) is 51.7 Å². The summed E-state index contributed by atoms with van der Waals surface area (Å²) < 4.78 is 0. The molecule has 6 heterocycles. The van der Waals surface area contributed by atoms with E-state index in [1.54, 1.807) is 11.3 Å². The minimum Gasteiger partial charge on any atom is -0.352 e. The van der Waals surface area contributed by atoms with Gasteiger partial charge in [-0.25, -0.2) is 0 Å². The first kappa shape index (κ1) is 22.5. The van der Waals surface area contributed by atoms with Gasteiger partial charge in [0.15, 0.2) is 0 Å². The summed E-state index contributed by atoms with van der Waals surface area (Å²) in [6.07, 6.45) is 9.37. The van der Waals surface area contributed by atoms with Gasteiger partial charge < -0.3 is 10.3 Å². The van der Waals surface area contributed by atoms with Crippen LogP contribution in [0.3, 0.4) is 0 Å². The average molecular weight is 514 g/mol. The highest BCUT2D eigenvalue weighted by Crippen LogP contribution is 2.34. The van der Waals surface area contributed by atoms with Crippen molar-refractivity contribution < 1.29 is 0 Å². The Labute approximate surface area is 222 Å². The summed E-state index contributed by atoms with van der Waals surface area (Å²) in [6, 6.07) is 18.9. The molecule has 0 spiro atoms. The highest BCUT2D eigenvalue weighted by atomic mass is 32.1. The Morgan fingerprint density at radius 1 is 0.763 bits per heavy atom. The van der Waals surface area contributed by atoms with Crippen LogP contribution >= 0.6 is 11.3 Å². The molecule has 7 nitrogen and oxygen atoms in total. The van der Waals surface area contributed by atoms with Crippen molar-refractivity contribution >= 4 is 33.1 Å². The quantitative estimate of drug-likeness (QED) is 0.224. The lowest BCUT2D eigenvalue weighted by molar-refractivity contribution is 0.691. The van der Waals surface area contributed by atoms with Crippen molar-refractivity contribution in [2.75, 3.05) is 0 Å². The fourth-order valence-corrected chi connectivity index (χ4v) is 5.43. The predicted octanol–water partition coefficient (Wildman–Crippen LogP) is 6.58. The number of hydrogen-bond acceptors (Lipinski definition) is 6. The van der Waals surface area contributed by atoms with Crippen LogP contribution in [0.4, 0.5) is 0 Å². The van der Waals surface area contributed by atoms with Crippen molar-refractivity contribution in [1.29, 1.82) is 0 Å². The van der Waals surface area contributed by atoms with E-state index in [4.69, 9.17) is 4.98 Å². The van der Waals surface area contributed by atoms with Crippen LogP contribution < -0.4 is 5.32 Å². The van der Waals surface area contributed by atoms with Crippen molar-refractivity contribution in [3.05, 3.63) is 107 Å². The molecule has 184 valence electrons. The smallest absolute Gasteiger partial charge is 0.116 e. The second kappa shape index (κ2) is 9.66. The Morgan fingerprint density at radius 2 is 1.66 bits per heavy atom. The van der Waals surface area contributed by atoms with Crippen LogP contribution in [0.15, 0.2) is 96.3 Å². The number of fused-ring (bicyclic) bond motifs is 2. The van der Waals surface area contributed by atoms with E-state index >= 15 is 0 Å². The lowest BCUT2D eigenvalue weighted by Gasteiger charge is -2.07. The van der Waals surface area contributed by atoms with Crippen molar-refractivity contribution in [1.82, 2.24) is 35.5 Å². The Kier molecular flexibility index (Phi) is 5.73. The zero-order valence-corrected chi connectivity index (χ0v) is 21.2. The Hall–Kier alpha value is -4.66. The molecule has 0 atom stereocenters. The fourth-order valence-electron chi connectivity index (χ4n) is 4.78. The van der Waals surface area contributed by atoms with E-state index in [0.717, 1.165) is 68.7 Å². The molecule has 0 unspecified atom stereocenters. The van der Waals surface area contributed by atoms with Gasteiger partial charge in [-0.1, -0.05) is 30.3 Å². The molecule has 8 heteroatoms. The van der Waals surface area contributed by atoms with Crippen molar-refractivity contribution in [3.63, 3.8) is 0 Å². The van der Waals surface area contributed by atoms with Crippen LogP contribution in [0.1, 0.15) is 11.1 Å². The highest BCUT2D eigenvalue weighted by Gasteiger charge is 2.15. The number of hydrogen-bond donors (Lipinski definition) is 3. The third-order valence-electron chi connectivity index (χ3n) is 6.67. The molecule has 1 aromatic carbocycles. The first-order valence-electron chi connectivity index (χ1n) is 12.3. The first-order valence-corrected chi connectivity index (χ1v) is 13.3. The third-order valence-corrected chi connectivity index (χ3v) is 7.36. The second-order valence-corrected chi connectivity index (χ2v) is 9.98. The SMILES string of the molecule is c1ccc(CNCc2cncc(-c3cc4c(-c5cc6c(-c7ccsc7)cncc6[nH]5)n[nH]c4cn3)c2)cc1. The van der Waals surface area contributed by atoms with Gasteiger partial charge in [0.2, 0.25) is 0 Å². The van der Waals surface area contributed by atoms with E-state index in [0.29, 0.717) is 0 Å². The largest absolute Gasteiger partial charge is 0.352 e. The number of H-pyrrole nitrogens is 2. The number of nitrogens with zero attached hydrogens (tertiary/aromatic N) is 4. The lowest BCUT2D eigenvalue weighted by atomic mass is 10.1. The summed E-state index contributed by atoms with van der Waals surface area (Å²) in [6.45, 7) is 1.53. The molecule has 7 aromatic rings. The van der Waals surface area contributed by atoms with Gasteiger partial charge in [-0.15, -0.1) is 0 Å². The molecular formula is C30H23N7S. The molecule has 0 fully saturated rings. The van der Waals surface area contributed by atoms with E-state index in [1.165, 1.54) is 11.1 Å². The van der Waals surface area contributed by atoms with E-state index in [2.05, 4.69) is 89.8 Å². The minimum atomic E-state index is 0.727. The maximum atomic E-state index is 4.69. The Bertz CT molecular complexity index is 1850. The molecule has 7 rings (SSSR count). The zero-order chi connectivity index (χ0) is 25.3. The predicted molar refractivity (Wildman–Crippen MR) is 153 cm³/mol. The van der Waals surface area contributed by atoms with E-state index in [-0.39, 0.29) is 0 Å². The minimum absolute atomic E-state index is 0.727. The van der Waals surface area contributed by atoms with Gasteiger partial charge in [-0.3, -0.25) is 20.1 Å². The van der Waals surface area contributed by atoms with Gasteiger partial charge >= 0.3 is 0 Å². The first-order chi connectivity index (χ1) is 18.8. The van der Waals surface area contributed by atoms with Crippen LogP contribution in [0.5, 0.6) is 0 Å². The van der Waals surface area contributed by atoms with Crippen molar-refractivity contribution in [2.24, 2.45) is 0 Å². The summed E-state index contributed by atoms with van der Waals surface area (Å²) >= 11 is 1.68. The van der Waals surface area contributed by atoms with Gasteiger partial charge in [0.1, 0.15) is 5.69 Å². The Morgan fingerprint density at radius 3 is 2.55 bits per heavy atom. The Balaban J connectivity index is 1.20. The number of rotatable bonds is 7. The molecule has 0 aliphatic rings. The van der Waals surface area contributed by atoms with Crippen LogP contribution in [-0.4, -0.2) is 30.1 Å². The molecule has 0 bridgehead atoms. The number of benzene rings is 1. The van der Waals surface area contributed by atoms with Crippen LogP contribution in [-0.2, 0) is 13.1 Å². The average Bonchev–Trinajstić information content (AvgIpc) is 3.73. The standard InChI is InChI=1S/C30H23N7S/c1-2-4-19(5-3-1)11-31-12-20-8-22(14-32-13-20)26-10-24-29(17-34-26)36-37-30(24)27-9-23-25(21-6-7-38-18-21)15-33-16-28(23)35-27/h1-10,13-18,31,35H,11-12H2,(H,36,37). The van der Waals surface area contributed by atoms with Crippen LogP contribution in [0.2, 0.25) is 0 Å². The van der Waals surface area contributed by atoms with Crippen LogP contribution in [0.25, 0.3) is 55.6 Å². The molecular weight excluding hydrogens is 490 g/mol. The maximum absolute atomic E-state index is 4.69. The molecule has 6 aromatic heterocycles. The van der Waals surface area contributed by atoms with E-state index in [9.17, 15) is 0 Å². The molecule has 3 N–H and O–H groups in total. The summed E-state index contributed by atoms with van der Waals surface area (Å²) in [5.74, 6) is 0. The number of thiophene rings is 1. The van der Waals surface area contributed by atoms with Gasteiger partial charge in [0.05, 0.1) is 34.8 Å². The summed E-state index contributed by atoms with van der Waals surface area (Å²) in [5, 5.41) is 17.6. The fraction of sp³-hybridized carbons (Fsp3) is 0.0667. The monoisotopic (exact) mass is 513 g/mol. The van der Waals surface area contributed by atoms with Crippen molar-refractivity contribution in [2.45, 2.75) is 13.1 Å². The van der Waals surface area contributed by atoms with Crippen molar-refractivity contribution in [3.8, 4) is 33.8 Å². The maximum Gasteiger partial charge on any atom is 0.116 e. The van der Waals surface area contributed by atoms with E-state index in [1.807, 2.05) is 37.1 Å². The topological polar surface area (TPSA) is 95.2 Å².